The molecule has 1 fully saturated rings. The van der Waals surface area contributed by atoms with E-state index in [1.807, 2.05) is 37.2 Å². The van der Waals surface area contributed by atoms with Gasteiger partial charge >= 0.3 is 0 Å². The predicted molar refractivity (Wildman–Crippen MR) is 67.5 cm³/mol. The van der Waals surface area contributed by atoms with Crippen LogP contribution < -0.4 is 5.32 Å². The van der Waals surface area contributed by atoms with Crippen molar-refractivity contribution < 1.29 is 4.79 Å². The van der Waals surface area contributed by atoms with Crippen molar-refractivity contribution in [2.45, 2.75) is 6.17 Å². The highest BCUT2D eigenvalue weighted by Crippen LogP contribution is 2.21. The van der Waals surface area contributed by atoms with Crippen LogP contribution in [-0.2, 0) is 4.79 Å². The van der Waals surface area contributed by atoms with Gasteiger partial charge in [0.25, 0.3) is 0 Å². The van der Waals surface area contributed by atoms with Crippen LogP contribution in [0.2, 0.25) is 0 Å². The van der Waals surface area contributed by atoms with Crippen molar-refractivity contribution in [2.24, 2.45) is 0 Å². The largest absolute Gasteiger partial charge is 0.321 e. The number of rotatable bonds is 4. The first-order chi connectivity index (χ1) is 8.18. The second-order valence-electron chi connectivity index (χ2n) is 4.58. The van der Waals surface area contributed by atoms with Gasteiger partial charge in [0.05, 0.1) is 6.54 Å². The summed E-state index contributed by atoms with van der Waals surface area (Å²) in [4.78, 5) is 15.8. The van der Waals surface area contributed by atoms with E-state index in [0.717, 1.165) is 18.7 Å². The highest BCUT2D eigenvalue weighted by Gasteiger charge is 2.30. The van der Waals surface area contributed by atoms with E-state index in [1.54, 1.807) is 0 Å². The fourth-order valence-electron chi connectivity index (χ4n) is 2.03. The van der Waals surface area contributed by atoms with Gasteiger partial charge in [0.2, 0.25) is 5.91 Å². The first-order valence-electron chi connectivity index (χ1n) is 5.91. The minimum Gasteiger partial charge on any atom is -0.321 e. The van der Waals surface area contributed by atoms with Crippen LogP contribution in [0.4, 0.5) is 0 Å². The van der Waals surface area contributed by atoms with E-state index in [4.69, 9.17) is 0 Å². The summed E-state index contributed by atoms with van der Waals surface area (Å²) in [5, 5.41) is 3.25. The first-order valence-corrected chi connectivity index (χ1v) is 5.91. The number of nitrogens with zero attached hydrogens (tertiary/aromatic N) is 2. The molecule has 1 aliphatic rings. The monoisotopic (exact) mass is 233 g/mol. The van der Waals surface area contributed by atoms with Crippen LogP contribution in [0.15, 0.2) is 30.3 Å². The summed E-state index contributed by atoms with van der Waals surface area (Å²) in [5.74, 6) is 0.181. The number of amides is 1. The maximum atomic E-state index is 11.8. The Labute approximate surface area is 102 Å². The maximum Gasteiger partial charge on any atom is 0.238 e. The van der Waals surface area contributed by atoms with Gasteiger partial charge in [0.1, 0.15) is 6.17 Å². The van der Waals surface area contributed by atoms with Crippen LogP contribution in [0.25, 0.3) is 0 Å². The lowest BCUT2D eigenvalue weighted by molar-refractivity contribution is -0.128. The molecule has 0 saturated carbocycles. The van der Waals surface area contributed by atoms with Crippen molar-refractivity contribution in [3.05, 3.63) is 35.9 Å². The van der Waals surface area contributed by atoms with Crippen molar-refractivity contribution in [2.75, 3.05) is 33.7 Å². The second kappa shape index (κ2) is 5.29. The number of hydrogen-bond donors (Lipinski definition) is 1. The Bertz CT molecular complexity index is 378. The third-order valence-electron chi connectivity index (χ3n) is 2.98. The molecule has 0 bridgehead atoms. The summed E-state index contributed by atoms with van der Waals surface area (Å²) in [6, 6.07) is 10.1. The second-order valence-corrected chi connectivity index (χ2v) is 4.58. The van der Waals surface area contributed by atoms with Gasteiger partial charge in [-0.15, -0.1) is 0 Å². The van der Waals surface area contributed by atoms with Gasteiger partial charge in [-0.25, -0.2) is 0 Å². The minimum atomic E-state index is 0.0312. The molecular formula is C13H19N3O. The highest BCUT2D eigenvalue weighted by atomic mass is 16.2. The zero-order valence-corrected chi connectivity index (χ0v) is 10.4. The Morgan fingerprint density at radius 2 is 2.06 bits per heavy atom. The van der Waals surface area contributed by atoms with Crippen molar-refractivity contribution >= 4 is 5.91 Å². The lowest BCUT2D eigenvalue weighted by Gasteiger charge is -2.26. The van der Waals surface area contributed by atoms with Crippen molar-refractivity contribution in [1.82, 2.24) is 15.1 Å². The van der Waals surface area contributed by atoms with Gasteiger partial charge in [-0.1, -0.05) is 30.3 Å². The molecule has 4 heteroatoms. The molecule has 1 aromatic rings. The van der Waals surface area contributed by atoms with E-state index in [0.29, 0.717) is 6.54 Å². The van der Waals surface area contributed by atoms with Gasteiger partial charge in [-0.3, -0.25) is 10.1 Å². The van der Waals surface area contributed by atoms with Crippen LogP contribution in [-0.4, -0.2) is 49.4 Å². The van der Waals surface area contributed by atoms with Gasteiger partial charge in [0, 0.05) is 13.1 Å². The van der Waals surface area contributed by atoms with Crippen LogP contribution in [0.1, 0.15) is 11.7 Å². The van der Waals surface area contributed by atoms with E-state index in [2.05, 4.69) is 22.3 Å². The number of carbonyl (C=O) groups is 1. The molecule has 1 aliphatic heterocycles. The number of hydrogen-bond acceptors (Lipinski definition) is 3. The van der Waals surface area contributed by atoms with E-state index in [9.17, 15) is 4.79 Å². The van der Waals surface area contributed by atoms with Crippen LogP contribution in [0.3, 0.4) is 0 Å². The Morgan fingerprint density at radius 1 is 1.35 bits per heavy atom. The van der Waals surface area contributed by atoms with Crippen LogP contribution in [0.5, 0.6) is 0 Å². The molecule has 1 aromatic carbocycles. The van der Waals surface area contributed by atoms with Crippen molar-refractivity contribution in [1.29, 1.82) is 0 Å². The fourth-order valence-corrected chi connectivity index (χ4v) is 2.03. The summed E-state index contributed by atoms with van der Waals surface area (Å²) in [6.45, 7) is 2.09. The zero-order valence-electron chi connectivity index (χ0n) is 10.4. The molecule has 1 saturated heterocycles. The maximum absolute atomic E-state index is 11.8. The van der Waals surface area contributed by atoms with Gasteiger partial charge in [-0.2, -0.15) is 0 Å². The van der Waals surface area contributed by atoms with Crippen molar-refractivity contribution in [3.8, 4) is 0 Å². The molecule has 1 unspecified atom stereocenters. The quantitative estimate of drug-likeness (QED) is 0.830. The molecule has 0 radical (unpaired) electrons. The van der Waals surface area contributed by atoms with Crippen LogP contribution >= 0.6 is 0 Å². The van der Waals surface area contributed by atoms with E-state index in [1.165, 1.54) is 0 Å². The lowest BCUT2D eigenvalue weighted by atomic mass is 10.1. The Morgan fingerprint density at radius 3 is 2.71 bits per heavy atom. The normalized spacial score (nSPS) is 20.3. The lowest BCUT2D eigenvalue weighted by Crippen LogP contribution is -2.36. The molecule has 1 N–H and O–H groups in total. The van der Waals surface area contributed by atoms with E-state index < -0.39 is 0 Å². The Balaban J connectivity index is 2.08. The van der Waals surface area contributed by atoms with E-state index in [-0.39, 0.29) is 12.1 Å². The van der Waals surface area contributed by atoms with Crippen molar-refractivity contribution in [3.63, 3.8) is 0 Å². The van der Waals surface area contributed by atoms with Gasteiger partial charge in [0.15, 0.2) is 0 Å². The molecule has 17 heavy (non-hydrogen) atoms. The van der Waals surface area contributed by atoms with Crippen LogP contribution in [0, 0.1) is 0 Å². The molecule has 1 atom stereocenters. The zero-order chi connectivity index (χ0) is 12.3. The smallest absolute Gasteiger partial charge is 0.238 e. The summed E-state index contributed by atoms with van der Waals surface area (Å²) in [7, 11) is 4.04. The average molecular weight is 233 g/mol. The summed E-state index contributed by atoms with van der Waals surface area (Å²) < 4.78 is 0. The Kier molecular flexibility index (Phi) is 3.76. The number of nitrogens with one attached hydrogen (secondary N) is 1. The molecule has 4 nitrogen and oxygen atoms in total. The molecule has 0 aromatic heterocycles. The molecule has 92 valence electrons. The average Bonchev–Trinajstić information content (AvgIpc) is 2.69. The Hall–Kier alpha value is -1.39. The SMILES string of the molecule is CN(C)CCN1C(=O)CNC1c1ccccc1. The standard InChI is InChI=1S/C13H19N3O/c1-15(2)8-9-16-12(17)10-14-13(16)11-6-4-3-5-7-11/h3-7,13-14H,8-10H2,1-2H3. The highest BCUT2D eigenvalue weighted by molar-refractivity contribution is 5.80. The molecule has 1 amide bonds. The summed E-state index contributed by atoms with van der Waals surface area (Å²) in [5.41, 5.74) is 1.15. The summed E-state index contributed by atoms with van der Waals surface area (Å²) >= 11 is 0. The third-order valence-corrected chi connectivity index (χ3v) is 2.98. The fraction of sp³-hybridized carbons (Fsp3) is 0.462. The van der Waals surface area contributed by atoms with Gasteiger partial charge < -0.3 is 9.80 Å². The molecular weight excluding hydrogens is 214 g/mol. The molecule has 0 aliphatic carbocycles. The van der Waals surface area contributed by atoms with Gasteiger partial charge in [-0.05, 0) is 19.7 Å². The minimum absolute atomic E-state index is 0.0312. The third kappa shape index (κ3) is 2.84. The number of likely N-dealkylation sites (N-methyl/N-ethyl adjacent to an activating group) is 1. The topological polar surface area (TPSA) is 35.6 Å². The number of carbonyl (C=O) groups excluding carboxylic acids is 1. The number of benzene rings is 1. The predicted octanol–water partition coefficient (Wildman–Crippen LogP) is 0.679. The molecule has 1 heterocycles. The summed E-state index contributed by atoms with van der Waals surface area (Å²) in [6.07, 6.45) is 0.0312. The molecule has 0 spiro atoms. The molecule has 2 rings (SSSR count). The van der Waals surface area contributed by atoms with E-state index >= 15 is 0 Å². The first kappa shape index (κ1) is 12.1.